The quantitative estimate of drug-likeness (QED) is 0.937. The molecule has 1 saturated heterocycles. The normalized spacial score (nSPS) is 18.8. The number of halogens is 1. The fourth-order valence-corrected chi connectivity index (χ4v) is 3.14. The van der Waals surface area contributed by atoms with Gasteiger partial charge in [0, 0.05) is 31.0 Å². The Balaban J connectivity index is 1.89. The number of nitrogens with zero attached hydrogens (tertiary/aromatic N) is 1. The summed E-state index contributed by atoms with van der Waals surface area (Å²) in [6.07, 6.45) is 3.45. The molecule has 1 fully saturated rings. The summed E-state index contributed by atoms with van der Waals surface area (Å²) in [6, 6.07) is 12.9. The maximum Gasteiger partial charge on any atom is 0.123 e. The van der Waals surface area contributed by atoms with Gasteiger partial charge in [-0.3, -0.25) is 10.3 Å². The lowest BCUT2D eigenvalue weighted by molar-refractivity contribution is 0.0318. The predicted molar refractivity (Wildman–Crippen MR) is 83.9 cm³/mol. The van der Waals surface area contributed by atoms with Gasteiger partial charge in [0.25, 0.3) is 0 Å². The van der Waals surface area contributed by atoms with Gasteiger partial charge in [-0.15, -0.1) is 0 Å². The van der Waals surface area contributed by atoms with Gasteiger partial charge in [-0.1, -0.05) is 18.2 Å². The molecule has 0 unspecified atom stereocenters. The number of nitrogens with one attached hydrogen (secondary N) is 1. The van der Waals surface area contributed by atoms with Crippen LogP contribution in [0.25, 0.3) is 0 Å². The highest BCUT2D eigenvalue weighted by atomic mass is 19.1. The predicted octanol–water partition coefficient (Wildman–Crippen LogP) is 3.58. The molecule has 1 N–H and O–H groups in total. The van der Waals surface area contributed by atoms with Gasteiger partial charge in [0.1, 0.15) is 5.82 Å². The summed E-state index contributed by atoms with van der Waals surface area (Å²) in [5, 5.41) is 3.68. The monoisotopic (exact) mass is 300 g/mol. The first kappa shape index (κ1) is 15.1. The van der Waals surface area contributed by atoms with Crippen LogP contribution in [-0.2, 0) is 10.3 Å². The molecule has 1 aromatic carbocycles. The van der Waals surface area contributed by atoms with Gasteiger partial charge in [-0.25, -0.2) is 4.39 Å². The van der Waals surface area contributed by atoms with Crippen LogP contribution in [0, 0.1) is 5.82 Å². The third-order valence-electron chi connectivity index (χ3n) is 4.35. The Bertz CT molecular complexity index is 611. The van der Waals surface area contributed by atoms with E-state index in [0.29, 0.717) is 13.2 Å². The van der Waals surface area contributed by atoms with Crippen LogP contribution in [-0.4, -0.2) is 18.2 Å². The summed E-state index contributed by atoms with van der Waals surface area (Å²) in [5.74, 6) is -0.198. The van der Waals surface area contributed by atoms with Crippen LogP contribution < -0.4 is 5.32 Å². The van der Waals surface area contributed by atoms with Crippen LogP contribution in [0.3, 0.4) is 0 Å². The summed E-state index contributed by atoms with van der Waals surface area (Å²) < 4.78 is 19.2. The number of ether oxygens (including phenoxy) is 1. The first-order valence-electron chi connectivity index (χ1n) is 7.72. The molecular formula is C18H21FN2O. The molecule has 22 heavy (non-hydrogen) atoms. The van der Waals surface area contributed by atoms with E-state index in [1.165, 1.54) is 6.07 Å². The molecule has 0 spiro atoms. The fourth-order valence-electron chi connectivity index (χ4n) is 3.14. The molecule has 3 nitrogen and oxygen atoms in total. The van der Waals surface area contributed by atoms with Crippen molar-refractivity contribution in [2.24, 2.45) is 0 Å². The zero-order valence-corrected chi connectivity index (χ0v) is 12.8. The van der Waals surface area contributed by atoms with Crippen molar-refractivity contribution in [3.05, 3.63) is 65.7 Å². The fraction of sp³-hybridized carbons (Fsp3) is 0.389. The largest absolute Gasteiger partial charge is 0.381 e. The Hall–Kier alpha value is -1.78. The average molecular weight is 300 g/mol. The molecule has 0 saturated carbocycles. The third kappa shape index (κ3) is 3.18. The molecule has 2 heterocycles. The smallest absolute Gasteiger partial charge is 0.123 e. The first-order valence-corrected chi connectivity index (χ1v) is 7.72. The van der Waals surface area contributed by atoms with Gasteiger partial charge in [0.2, 0.25) is 0 Å². The van der Waals surface area contributed by atoms with Crippen LogP contribution >= 0.6 is 0 Å². The van der Waals surface area contributed by atoms with Crippen LogP contribution in [0.2, 0.25) is 0 Å². The molecule has 1 aliphatic rings. The second kappa shape index (κ2) is 6.55. The SMILES string of the molecule is C[C@@H](NC1(c2cccc(F)c2)CCOCC1)c1ccccn1. The van der Waals surface area contributed by atoms with E-state index in [2.05, 4.69) is 17.2 Å². The van der Waals surface area contributed by atoms with Crippen molar-refractivity contribution in [2.75, 3.05) is 13.2 Å². The van der Waals surface area contributed by atoms with Gasteiger partial charge in [0.05, 0.1) is 5.69 Å². The number of pyridine rings is 1. The molecular weight excluding hydrogens is 279 g/mol. The molecule has 3 rings (SSSR count). The zero-order valence-electron chi connectivity index (χ0n) is 12.8. The van der Waals surface area contributed by atoms with Gasteiger partial charge < -0.3 is 4.74 Å². The highest BCUT2D eigenvalue weighted by Crippen LogP contribution is 2.34. The van der Waals surface area contributed by atoms with E-state index in [4.69, 9.17) is 4.74 Å². The molecule has 116 valence electrons. The van der Waals surface area contributed by atoms with Crippen LogP contribution in [0.4, 0.5) is 4.39 Å². The first-order chi connectivity index (χ1) is 10.7. The summed E-state index contributed by atoms with van der Waals surface area (Å²) in [4.78, 5) is 4.42. The number of aromatic nitrogens is 1. The topological polar surface area (TPSA) is 34.1 Å². The van der Waals surface area contributed by atoms with Gasteiger partial charge in [0.15, 0.2) is 0 Å². The molecule has 0 bridgehead atoms. The summed E-state index contributed by atoms with van der Waals surface area (Å²) in [5.41, 5.74) is 1.71. The third-order valence-corrected chi connectivity index (χ3v) is 4.35. The standard InChI is InChI=1S/C18H21FN2O/c1-14(17-7-2-3-10-20-17)21-18(8-11-22-12-9-18)15-5-4-6-16(19)13-15/h2-7,10,13-14,21H,8-9,11-12H2,1H3/t14-/m1/s1. The van der Waals surface area contributed by atoms with E-state index in [1.807, 2.05) is 24.3 Å². The average Bonchev–Trinajstić information content (AvgIpc) is 2.56. The molecule has 1 aliphatic heterocycles. The molecule has 4 heteroatoms. The second-order valence-corrected chi connectivity index (χ2v) is 5.83. The molecule has 2 aromatic rings. The Labute approximate surface area is 130 Å². The van der Waals surface area contributed by atoms with Crippen molar-refractivity contribution in [1.29, 1.82) is 0 Å². The van der Waals surface area contributed by atoms with Crippen molar-refractivity contribution >= 4 is 0 Å². The summed E-state index contributed by atoms with van der Waals surface area (Å²) >= 11 is 0. The number of hydrogen-bond acceptors (Lipinski definition) is 3. The Morgan fingerprint density at radius 1 is 1.18 bits per heavy atom. The van der Waals surface area contributed by atoms with Crippen molar-refractivity contribution in [2.45, 2.75) is 31.3 Å². The lowest BCUT2D eigenvalue weighted by Gasteiger charge is -2.40. The highest BCUT2D eigenvalue weighted by molar-refractivity contribution is 5.27. The lowest BCUT2D eigenvalue weighted by atomic mass is 9.81. The maximum atomic E-state index is 13.7. The Morgan fingerprint density at radius 2 is 2.00 bits per heavy atom. The van der Waals surface area contributed by atoms with Gasteiger partial charge in [-0.05, 0) is 49.6 Å². The molecule has 1 aromatic heterocycles. The van der Waals surface area contributed by atoms with Crippen LogP contribution in [0.15, 0.2) is 48.7 Å². The van der Waals surface area contributed by atoms with Crippen molar-refractivity contribution in [1.82, 2.24) is 10.3 Å². The van der Waals surface area contributed by atoms with Crippen LogP contribution in [0.1, 0.15) is 37.1 Å². The maximum absolute atomic E-state index is 13.7. The van der Waals surface area contributed by atoms with Crippen molar-refractivity contribution in [3.63, 3.8) is 0 Å². The van der Waals surface area contributed by atoms with Gasteiger partial charge in [-0.2, -0.15) is 0 Å². The van der Waals surface area contributed by atoms with Crippen molar-refractivity contribution < 1.29 is 9.13 Å². The van der Waals surface area contributed by atoms with Gasteiger partial charge >= 0.3 is 0 Å². The minimum Gasteiger partial charge on any atom is -0.381 e. The van der Waals surface area contributed by atoms with Crippen LogP contribution in [0.5, 0.6) is 0 Å². The molecule has 1 atom stereocenters. The molecule has 0 radical (unpaired) electrons. The minimum absolute atomic E-state index is 0.0857. The van der Waals surface area contributed by atoms with E-state index in [1.54, 1.807) is 18.3 Å². The lowest BCUT2D eigenvalue weighted by Crippen LogP contribution is -2.47. The Morgan fingerprint density at radius 3 is 2.68 bits per heavy atom. The van der Waals surface area contributed by atoms with E-state index in [-0.39, 0.29) is 17.4 Å². The summed E-state index contributed by atoms with van der Waals surface area (Å²) in [7, 11) is 0. The van der Waals surface area contributed by atoms with E-state index in [0.717, 1.165) is 24.1 Å². The highest BCUT2D eigenvalue weighted by Gasteiger charge is 2.36. The Kier molecular flexibility index (Phi) is 4.50. The van der Waals surface area contributed by atoms with E-state index in [9.17, 15) is 4.39 Å². The second-order valence-electron chi connectivity index (χ2n) is 5.83. The summed E-state index contributed by atoms with van der Waals surface area (Å²) in [6.45, 7) is 3.45. The van der Waals surface area contributed by atoms with E-state index >= 15 is 0 Å². The minimum atomic E-state index is -0.267. The van der Waals surface area contributed by atoms with Crippen molar-refractivity contribution in [3.8, 4) is 0 Å². The molecule has 0 amide bonds. The number of rotatable bonds is 4. The number of benzene rings is 1. The van der Waals surface area contributed by atoms with E-state index < -0.39 is 0 Å². The molecule has 0 aliphatic carbocycles. The zero-order chi connectivity index (χ0) is 15.4. The number of hydrogen-bond donors (Lipinski definition) is 1.